The van der Waals surface area contributed by atoms with Gasteiger partial charge in [-0.05, 0) is 73.3 Å². The van der Waals surface area contributed by atoms with Gasteiger partial charge < -0.3 is 30.9 Å². The first-order valence-electron chi connectivity index (χ1n) is 15.2. The molecule has 0 aliphatic heterocycles. The number of aromatic nitrogens is 2. The number of carbonyl (C=O) groups is 2. The predicted octanol–water partition coefficient (Wildman–Crippen LogP) is 4.31. The van der Waals surface area contributed by atoms with E-state index in [1.165, 1.54) is 0 Å². The number of amides is 2. The summed E-state index contributed by atoms with van der Waals surface area (Å²) in [5.74, 6) is 0.370. The monoisotopic (exact) mass is 584 g/mol. The van der Waals surface area contributed by atoms with E-state index in [-0.39, 0.29) is 24.5 Å². The van der Waals surface area contributed by atoms with Crippen LogP contribution in [0.5, 0.6) is 0 Å². The topological polar surface area (TPSA) is 122 Å². The van der Waals surface area contributed by atoms with Gasteiger partial charge in [-0.25, -0.2) is 4.98 Å². The molecule has 1 heterocycles. The molecule has 0 radical (unpaired) electrons. The van der Waals surface area contributed by atoms with Crippen molar-refractivity contribution >= 4 is 22.6 Å². The summed E-state index contributed by atoms with van der Waals surface area (Å²) in [5.41, 5.74) is 2.58. The van der Waals surface area contributed by atoms with Gasteiger partial charge in [-0.2, -0.15) is 0 Å². The van der Waals surface area contributed by atoms with Gasteiger partial charge in [-0.3, -0.25) is 9.59 Å². The van der Waals surface area contributed by atoms with Gasteiger partial charge in [0, 0.05) is 31.0 Å². The van der Waals surface area contributed by atoms with Crippen molar-refractivity contribution in [3.63, 3.8) is 0 Å². The van der Waals surface area contributed by atoms with Crippen LogP contribution in [0, 0.1) is 0 Å². The summed E-state index contributed by atoms with van der Waals surface area (Å²) in [6.45, 7) is 7.66. The van der Waals surface area contributed by atoms with Crippen molar-refractivity contribution in [3.8, 4) is 0 Å². The summed E-state index contributed by atoms with van der Waals surface area (Å²) in [5, 5.41) is 21.1. The van der Waals surface area contributed by atoms with Crippen molar-refractivity contribution in [1.82, 2.24) is 30.8 Å². The quantitative estimate of drug-likeness (QED) is 0.126. The average Bonchev–Trinajstić information content (AvgIpc) is 3.54. The van der Waals surface area contributed by atoms with Gasteiger partial charge in [0.1, 0.15) is 11.9 Å². The molecule has 0 spiro atoms. The molecule has 1 aromatic heterocycles. The predicted molar refractivity (Wildman–Crippen MR) is 170 cm³/mol. The fraction of sp³-hybridized carbons (Fsp3) is 0.382. The zero-order valence-electron chi connectivity index (χ0n) is 25.2. The first-order chi connectivity index (χ1) is 21.0. The number of carbonyl (C=O) groups excluding carboxylic acids is 2. The Balaban J connectivity index is 1.41. The maximum atomic E-state index is 13.6. The number of aliphatic hydroxyl groups excluding tert-OH is 1. The third kappa shape index (κ3) is 9.47. The van der Waals surface area contributed by atoms with E-state index in [4.69, 9.17) is 0 Å². The lowest BCUT2D eigenvalue weighted by atomic mass is 9.99. The standard InChI is InChI=1S/C34H44N6O3/c1-3-19-40(21-22-41)20-7-12-31(34(43)38-25(2)29-11-6-9-27-8-4-5-10-30(27)29)39-33(42)28-15-13-26(14-16-28)23-35-24-32-36-17-18-37-32/h4-6,8-11,13-18,25,31,35,41H,3,7,12,19-24H2,1-2H3,(H,36,37)(H,38,43)(H,39,42)/t25?,31-/m0/s1. The average molecular weight is 585 g/mol. The van der Waals surface area contributed by atoms with Gasteiger partial charge in [0.25, 0.3) is 5.91 Å². The van der Waals surface area contributed by atoms with Gasteiger partial charge in [-0.15, -0.1) is 0 Å². The number of H-pyrrole nitrogens is 1. The minimum Gasteiger partial charge on any atom is -0.395 e. The molecule has 0 aliphatic rings. The van der Waals surface area contributed by atoms with Crippen LogP contribution in [0.1, 0.15) is 66.5 Å². The normalized spacial score (nSPS) is 12.7. The number of hydrogen-bond donors (Lipinski definition) is 5. The summed E-state index contributed by atoms with van der Waals surface area (Å²) < 4.78 is 0. The molecule has 9 nitrogen and oxygen atoms in total. The van der Waals surface area contributed by atoms with Crippen LogP contribution in [0.2, 0.25) is 0 Å². The molecule has 228 valence electrons. The zero-order valence-corrected chi connectivity index (χ0v) is 25.2. The smallest absolute Gasteiger partial charge is 0.251 e. The molecule has 43 heavy (non-hydrogen) atoms. The summed E-state index contributed by atoms with van der Waals surface area (Å²) in [7, 11) is 0. The molecule has 0 fully saturated rings. The van der Waals surface area contributed by atoms with Crippen molar-refractivity contribution in [2.24, 2.45) is 0 Å². The fourth-order valence-corrected chi connectivity index (χ4v) is 5.34. The molecule has 1 unspecified atom stereocenters. The Morgan fingerprint density at radius 2 is 1.74 bits per heavy atom. The minimum absolute atomic E-state index is 0.0948. The van der Waals surface area contributed by atoms with Crippen LogP contribution in [-0.4, -0.2) is 64.1 Å². The highest BCUT2D eigenvalue weighted by Gasteiger charge is 2.24. The van der Waals surface area contributed by atoms with Crippen LogP contribution in [0.15, 0.2) is 79.1 Å². The molecule has 9 heteroatoms. The van der Waals surface area contributed by atoms with Gasteiger partial charge in [0.05, 0.1) is 19.2 Å². The van der Waals surface area contributed by atoms with Crippen molar-refractivity contribution in [2.45, 2.75) is 58.3 Å². The van der Waals surface area contributed by atoms with Crippen LogP contribution in [0.4, 0.5) is 0 Å². The van der Waals surface area contributed by atoms with Gasteiger partial charge in [0.2, 0.25) is 5.91 Å². The van der Waals surface area contributed by atoms with E-state index in [0.29, 0.717) is 38.0 Å². The number of nitrogens with one attached hydrogen (secondary N) is 4. The first-order valence-corrected chi connectivity index (χ1v) is 15.2. The molecule has 0 bridgehead atoms. The highest BCUT2D eigenvalue weighted by Crippen LogP contribution is 2.24. The van der Waals surface area contributed by atoms with Crippen molar-refractivity contribution < 1.29 is 14.7 Å². The number of benzene rings is 3. The lowest BCUT2D eigenvalue weighted by molar-refractivity contribution is -0.123. The van der Waals surface area contributed by atoms with Crippen molar-refractivity contribution in [2.75, 3.05) is 26.2 Å². The Morgan fingerprint density at radius 1 is 0.953 bits per heavy atom. The number of aliphatic hydroxyl groups is 1. The van der Waals surface area contributed by atoms with E-state index in [1.807, 2.05) is 43.3 Å². The second-order valence-corrected chi connectivity index (χ2v) is 10.9. The number of rotatable bonds is 17. The molecule has 0 saturated heterocycles. The van der Waals surface area contributed by atoms with E-state index >= 15 is 0 Å². The van der Waals surface area contributed by atoms with E-state index in [9.17, 15) is 14.7 Å². The summed E-state index contributed by atoms with van der Waals surface area (Å²) in [6, 6.07) is 20.7. The molecule has 4 aromatic rings. The Kier molecular flexibility index (Phi) is 12.3. The molecule has 3 aromatic carbocycles. The Labute approximate surface area is 254 Å². The number of aromatic amines is 1. The van der Waals surface area contributed by atoms with Crippen LogP contribution in [-0.2, 0) is 17.9 Å². The molecule has 2 amide bonds. The maximum absolute atomic E-state index is 13.6. The van der Waals surface area contributed by atoms with Gasteiger partial charge >= 0.3 is 0 Å². The molecule has 4 rings (SSSR count). The zero-order chi connectivity index (χ0) is 30.4. The summed E-state index contributed by atoms with van der Waals surface area (Å²) in [6.07, 6.45) is 5.69. The number of imidazole rings is 1. The minimum atomic E-state index is -0.697. The molecular formula is C34H44N6O3. The molecule has 0 saturated carbocycles. The van der Waals surface area contributed by atoms with Crippen molar-refractivity contribution in [3.05, 3.63) is 102 Å². The van der Waals surface area contributed by atoms with E-state index in [2.05, 4.69) is 55.9 Å². The number of hydrogen-bond acceptors (Lipinski definition) is 6. The third-order valence-electron chi connectivity index (χ3n) is 7.59. The van der Waals surface area contributed by atoms with Crippen LogP contribution in [0.25, 0.3) is 10.8 Å². The largest absolute Gasteiger partial charge is 0.395 e. The lowest BCUT2D eigenvalue weighted by Gasteiger charge is -2.24. The van der Waals surface area contributed by atoms with E-state index in [1.54, 1.807) is 24.5 Å². The Morgan fingerprint density at radius 3 is 2.49 bits per heavy atom. The van der Waals surface area contributed by atoms with Crippen LogP contribution < -0.4 is 16.0 Å². The Hall–Kier alpha value is -4.05. The molecule has 2 atom stereocenters. The third-order valence-corrected chi connectivity index (χ3v) is 7.59. The van der Waals surface area contributed by atoms with Crippen molar-refractivity contribution in [1.29, 1.82) is 0 Å². The van der Waals surface area contributed by atoms with Gasteiger partial charge in [0.15, 0.2) is 0 Å². The molecule has 0 aliphatic carbocycles. The second-order valence-electron chi connectivity index (χ2n) is 10.9. The van der Waals surface area contributed by atoms with E-state index in [0.717, 1.165) is 47.2 Å². The highest BCUT2D eigenvalue weighted by atomic mass is 16.3. The van der Waals surface area contributed by atoms with Crippen LogP contribution in [0.3, 0.4) is 0 Å². The first kappa shape index (κ1) is 31.9. The lowest BCUT2D eigenvalue weighted by Crippen LogP contribution is -2.47. The van der Waals surface area contributed by atoms with Gasteiger partial charge in [-0.1, -0.05) is 61.5 Å². The molecule has 5 N–H and O–H groups in total. The number of fused-ring (bicyclic) bond motifs is 1. The van der Waals surface area contributed by atoms with E-state index < -0.39 is 6.04 Å². The summed E-state index contributed by atoms with van der Waals surface area (Å²) >= 11 is 0. The Bertz CT molecular complexity index is 1410. The molecular weight excluding hydrogens is 540 g/mol. The number of nitrogens with zero attached hydrogens (tertiary/aromatic N) is 2. The fourth-order valence-electron chi connectivity index (χ4n) is 5.34. The SMILES string of the molecule is CCCN(CCO)CCC[C@H](NC(=O)c1ccc(CNCc2ncc[nH]2)cc1)C(=O)NC(C)c1cccc2ccccc12. The second kappa shape index (κ2) is 16.6. The maximum Gasteiger partial charge on any atom is 0.251 e. The summed E-state index contributed by atoms with van der Waals surface area (Å²) in [4.78, 5) is 36.4. The van der Waals surface area contributed by atoms with Crippen LogP contribution >= 0.6 is 0 Å². The highest BCUT2D eigenvalue weighted by molar-refractivity contribution is 5.97.